The summed E-state index contributed by atoms with van der Waals surface area (Å²) in [6.45, 7) is 4.67. The highest BCUT2D eigenvalue weighted by molar-refractivity contribution is 7.71. The quantitative estimate of drug-likeness (QED) is 0.730. The Kier molecular flexibility index (Phi) is 3.47. The van der Waals surface area contributed by atoms with E-state index >= 15 is 0 Å². The topological polar surface area (TPSA) is 66.5 Å². The number of aromatic nitrogens is 4. The van der Waals surface area contributed by atoms with E-state index in [0.29, 0.717) is 22.3 Å². The molecule has 0 radical (unpaired) electrons. The zero-order valence-corrected chi connectivity index (χ0v) is 12.8. The Labute approximate surface area is 126 Å². The summed E-state index contributed by atoms with van der Waals surface area (Å²) < 4.78 is 2.02. The first-order valence-corrected chi connectivity index (χ1v) is 7.31. The fourth-order valence-corrected chi connectivity index (χ4v) is 2.55. The molecule has 2 aromatic heterocycles. The van der Waals surface area contributed by atoms with Gasteiger partial charge in [0.2, 0.25) is 0 Å². The molecule has 0 aliphatic carbocycles. The average Bonchev–Trinajstić information content (AvgIpc) is 2.90. The van der Waals surface area contributed by atoms with Gasteiger partial charge < -0.3 is 4.98 Å². The van der Waals surface area contributed by atoms with Crippen LogP contribution in [-0.2, 0) is 6.54 Å². The van der Waals surface area contributed by atoms with Crippen molar-refractivity contribution in [1.82, 2.24) is 19.5 Å². The van der Waals surface area contributed by atoms with Crippen LogP contribution in [0.3, 0.4) is 0 Å². The van der Waals surface area contributed by atoms with Crippen LogP contribution in [0.5, 0.6) is 0 Å². The molecule has 0 atom stereocenters. The molecule has 2 heterocycles. The van der Waals surface area contributed by atoms with Gasteiger partial charge in [-0.3, -0.25) is 9.55 Å². The number of benzene rings is 1. The highest BCUT2D eigenvalue weighted by Crippen LogP contribution is 2.20. The van der Waals surface area contributed by atoms with E-state index in [2.05, 4.69) is 15.0 Å². The third kappa shape index (κ3) is 2.42. The monoisotopic (exact) mass is 300 g/mol. The second-order valence-electron chi connectivity index (χ2n) is 5.06. The molecule has 0 aliphatic heterocycles. The Morgan fingerprint density at radius 2 is 1.95 bits per heavy atom. The molecule has 108 valence electrons. The summed E-state index contributed by atoms with van der Waals surface area (Å²) in [7, 11) is 0. The molecule has 0 spiro atoms. The molecule has 3 aromatic rings. The number of nitrogens with zero attached hydrogens (tertiary/aromatic N) is 2. The summed E-state index contributed by atoms with van der Waals surface area (Å²) in [5, 5.41) is 0. The summed E-state index contributed by atoms with van der Waals surface area (Å²) in [6, 6.07) is 8.06. The number of H-pyrrole nitrogens is 2. The fourth-order valence-electron chi connectivity index (χ4n) is 2.32. The second kappa shape index (κ2) is 5.29. The van der Waals surface area contributed by atoms with Crippen molar-refractivity contribution >= 4 is 23.4 Å². The van der Waals surface area contributed by atoms with Crippen molar-refractivity contribution in [2.24, 2.45) is 0 Å². The number of aryl methyl sites for hydroxylation is 2. The minimum absolute atomic E-state index is 0.212. The van der Waals surface area contributed by atoms with Crippen LogP contribution in [0.25, 0.3) is 22.6 Å². The number of hydrogen-bond donors (Lipinski definition) is 2. The van der Waals surface area contributed by atoms with Crippen LogP contribution in [0.15, 0.2) is 29.1 Å². The number of nitrogens with one attached hydrogen (secondary N) is 2. The molecule has 0 fully saturated rings. The molecule has 1 aromatic carbocycles. The largest absolute Gasteiger partial charge is 0.334 e. The molecule has 0 unspecified atom stereocenters. The molecule has 0 saturated heterocycles. The van der Waals surface area contributed by atoms with Gasteiger partial charge in [-0.2, -0.15) is 0 Å². The Balaban J connectivity index is 2.26. The van der Waals surface area contributed by atoms with Gasteiger partial charge in [0.25, 0.3) is 0 Å². The van der Waals surface area contributed by atoms with Gasteiger partial charge in [0.15, 0.2) is 5.65 Å². The van der Waals surface area contributed by atoms with Gasteiger partial charge in [0.05, 0.1) is 0 Å². The van der Waals surface area contributed by atoms with Crippen molar-refractivity contribution in [2.75, 3.05) is 0 Å². The van der Waals surface area contributed by atoms with Crippen LogP contribution in [0, 0.1) is 11.6 Å². The van der Waals surface area contributed by atoms with E-state index in [-0.39, 0.29) is 5.69 Å². The van der Waals surface area contributed by atoms with Crippen LogP contribution in [-0.4, -0.2) is 19.5 Å². The maximum absolute atomic E-state index is 12.0. The summed E-state index contributed by atoms with van der Waals surface area (Å²) in [5.74, 6) is 0.722. The van der Waals surface area contributed by atoms with Crippen molar-refractivity contribution in [3.8, 4) is 11.4 Å². The molecule has 2 N–H and O–H groups in total. The fraction of sp³-hybridized carbons (Fsp3) is 0.267. The molecule has 0 aliphatic rings. The van der Waals surface area contributed by atoms with Crippen molar-refractivity contribution in [3.63, 3.8) is 0 Å². The molecular formula is C15H16N4OS. The first-order valence-electron chi connectivity index (χ1n) is 6.90. The van der Waals surface area contributed by atoms with E-state index in [9.17, 15) is 4.79 Å². The third-order valence-electron chi connectivity index (χ3n) is 3.41. The summed E-state index contributed by atoms with van der Waals surface area (Å²) in [4.78, 5) is 22.5. The van der Waals surface area contributed by atoms with Crippen LogP contribution in [0.2, 0.25) is 0 Å². The second-order valence-corrected chi connectivity index (χ2v) is 5.47. The standard InChI is InChI=1S/C15H16N4OS/c1-3-8-19-13-11(14(21)18-15(19)20)16-12(17-13)10-6-4-9(2)5-7-10/h4-7H,3,8H2,1-2H3,(H,16,17)(H,18,20,21). The van der Waals surface area contributed by atoms with Crippen LogP contribution in [0.1, 0.15) is 18.9 Å². The SMILES string of the molecule is CCCn1c(=O)[nH]c(=S)c2[nH]c(-c3ccc(C)cc3)nc21. The van der Waals surface area contributed by atoms with Gasteiger partial charge in [-0.1, -0.05) is 49.0 Å². The molecule has 21 heavy (non-hydrogen) atoms. The lowest BCUT2D eigenvalue weighted by molar-refractivity contribution is 0.654. The number of rotatable bonds is 3. The van der Waals surface area contributed by atoms with Gasteiger partial charge in [0, 0.05) is 12.1 Å². The Morgan fingerprint density at radius 1 is 1.24 bits per heavy atom. The molecular weight excluding hydrogens is 284 g/mol. The molecule has 3 rings (SSSR count). The first kappa shape index (κ1) is 13.8. The van der Waals surface area contributed by atoms with E-state index in [1.807, 2.05) is 38.1 Å². The van der Waals surface area contributed by atoms with Gasteiger partial charge >= 0.3 is 5.69 Å². The zero-order valence-electron chi connectivity index (χ0n) is 11.9. The Hall–Kier alpha value is -2.21. The highest BCUT2D eigenvalue weighted by Gasteiger charge is 2.11. The lowest BCUT2D eigenvalue weighted by Gasteiger charge is -2.03. The van der Waals surface area contributed by atoms with Crippen molar-refractivity contribution in [2.45, 2.75) is 26.8 Å². The van der Waals surface area contributed by atoms with E-state index in [1.165, 1.54) is 5.56 Å². The lowest BCUT2D eigenvalue weighted by Crippen LogP contribution is -2.23. The number of aromatic amines is 2. The number of fused-ring (bicyclic) bond motifs is 1. The van der Waals surface area contributed by atoms with Crippen LogP contribution < -0.4 is 5.69 Å². The van der Waals surface area contributed by atoms with Crippen LogP contribution in [0.4, 0.5) is 0 Å². The average molecular weight is 300 g/mol. The maximum Gasteiger partial charge on any atom is 0.328 e. The Morgan fingerprint density at radius 3 is 2.62 bits per heavy atom. The predicted molar refractivity (Wildman–Crippen MR) is 86.0 cm³/mol. The number of hydrogen-bond acceptors (Lipinski definition) is 3. The Bertz CT molecular complexity index is 902. The maximum atomic E-state index is 12.0. The number of imidazole rings is 1. The lowest BCUT2D eigenvalue weighted by atomic mass is 10.1. The smallest absolute Gasteiger partial charge is 0.328 e. The predicted octanol–water partition coefficient (Wildman–Crippen LogP) is 3.17. The summed E-state index contributed by atoms with van der Waals surface area (Å²) >= 11 is 5.23. The highest BCUT2D eigenvalue weighted by atomic mass is 32.1. The minimum atomic E-state index is -0.212. The van der Waals surface area contributed by atoms with Gasteiger partial charge in [0.1, 0.15) is 16.0 Å². The normalized spacial score (nSPS) is 11.1. The first-order chi connectivity index (χ1) is 10.1. The summed E-state index contributed by atoms with van der Waals surface area (Å²) in [5.41, 5.74) is 3.27. The van der Waals surface area contributed by atoms with Crippen molar-refractivity contribution < 1.29 is 0 Å². The summed E-state index contributed by atoms with van der Waals surface area (Å²) in [6.07, 6.45) is 0.854. The molecule has 5 nitrogen and oxygen atoms in total. The van der Waals surface area contributed by atoms with E-state index in [0.717, 1.165) is 17.8 Å². The van der Waals surface area contributed by atoms with Crippen molar-refractivity contribution in [3.05, 3.63) is 45.0 Å². The van der Waals surface area contributed by atoms with Gasteiger partial charge in [-0.15, -0.1) is 0 Å². The van der Waals surface area contributed by atoms with Gasteiger partial charge in [-0.05, 0) is 13.3 Å². The minimum Gasteiger partial charge on any atom is -0.334 e. The van der Waals surface area contributed by atoms with Crippen molar-refractivity contribution in [1.29, 1.82) is 0 Å². The van der Waals surface area contributed by atoms with Gasteiger partial charge in [-0.25, -0.2) is 9.78 Å². The third-order valence-corrected chi connectivity index (χ3v) is 3.71. The van der Waals surface area contributed by atoms with E-state index in [1.54, 1.807) is 4.57 Å². The molecule has 0 saturated carbocycles. The zero-order chi connectivity index (χ0) is 15.0. The molecule has 0 amide bonds. The molecule has 6 heteroatoms. The van der Waals surface area contributed by atoms with Crippen LogP contribution >= 0.6 is 12.2 Å². The van der Waals surface area contributed by atoms with E-state index < -0.39 is 0 Å². The molecule has 0 bridgehead atoms. The van der Waals surface area contributed by atoms with E-state index in [4.69, 9.17) is 12.2 Å².